The number of carbonyl (C=O) groups excluding carboxylic acids is 1. The number of hydrogen-bond donors (Lipinski definition) is 2. The molecule has 3 heterocycles. The summed E-state index contributed by atoms with van der Waals surface area (Å²) in [5, 5.41) is 2.93. The minimum atomic E-state index is -0.355. The lowest BCUT2D eigenvalue weighted by atomic mass is 10.1. The fraction of sp³-hybridized carbons (Fsp3) is 0.300. The van der Waals surface area contributed by atoms with Gasteiger partial charge in [0.25, 0.3) is 5.91 Å². The molecule has 0 saturated carbocycles. The summed E-state index contributed by atoms with van der Waals surface area (Å²) in [6, 6.07) is 11.4. The van der Waals surface area contributed by atoms with Gasteiger partial charge in [-0.05, 0) is 25.0 Å². The van der Waals surface area contributed by atoms with Gasteiger partial charge in [0.05, 0.1) is 11.0 Å². The lowest BCUT2D eigenvalue weighted by molar-refractivity contribution is -0.124. The van der Waals surface area contributed by atoms with Crippen LogP contribution in [0.2, 0.25) is 0 Å². The van der Waals surface area contributed by atoms with E-state index in [9.17, 15) is 4.79 Å². The van der Waals surface area contributed by atoms with E-state index in [2.05, 4.69) is 15.3 Å². The van der Waals surface area contributed by atoms with Gasteiger partial charge in [-0.2, -0.15) is 0 Å². The number of aromatic amines is 1. The van der Waals surface area contributed by atoms with Crippen LogP contribution in [-0.4, -0.2) is 41.8 Å². The second-order valence-corrected chi connectivity index (χ2v) is 6.67. The van der Waals surface area contributed by atoms with Crippen LogP contribution in [0.15, 0.2) is 36.4 Å². The molecule has 5 rings (SSSR count). The van der Waals surface area contributed by atoms with E-state index in [1.807, 2.05) is 36.4 Å². The molecule has 2 aromatic carbocycles. The van der Waals surface area contributed by atoms with Crippen molar-refractivity contribution in [3.63, 3.8) is 0 Å². The largest absolute Gasteiger partial charge is 0.486 e. The van der Waals surface area contributed by atoms with E-state index in [-0.39, 0.29) is 12.0 Å². The van der Waals surface area contributed by atoms with Crippen molar-refractivity contribution < 1.29 is 19.0 Å². The number of benzene rings is 2. The first-order valence-corrected chi connectivity index (χ1v) is 9.08. The molecule has 1 unspecified atom stereocenters. The first kappa shape index (κ1) is 16.1. The van der Waals surface area contributed by atoms with Crippen LogP contribution in [0.25, 0.3) is 22.4 Å². The topological polar surface area (TPSA) is 85.5 Å². The van der Waals surface area contributed by atoms with Gasteiger partial charge in [0.15, 0.2) is 11.5 Å². The first-order valence-electron chi connectivity index (χ1n) is 9.08. The lowest BCUT2D eigenvalue weighted by Crippen LogP contribution is -2.26. The predicted octanol–water partition coefficient (Wildman–Crippen LogP) is 3.12. The van der Waals surface area contributed by atoms with Crippen molar-refractivity contribution in [3.8, 4) is 22.9 Å². The molecule has 1 fully saturated rings. The van der Waals surface area contributed by atoms with Crippen molar-refractivity contribution >= 4 is 22.6 Å². The maximum absolute atomic E-state index is 12.3. The Bertz CT molecular complexity index is 965. The van der Waals surface area contributed by atoms with Crippen molar-refractivity contribution in [2.45, 2.75) is 18.9 Å². The maximum Gasteiger partial charge on any atom is 0.253 e. The summed E-state index contributed by atoms with van der Waals surface area (Å²) < 4.78 is 16.7. The van der Waals surface area contributed by atoms with E-state index in [1.54, 1.807) is 0 Å². The van der Waals surface area contributed by atoms with Crippen molar-refractivity contribution in [2.75, 3.05) is 25.1 Å². The Morgan fingerprint density at radius 3 is 2.78 bits per heavy atom. The molecule has 7 nitrogen and oxygen atoms in total. The molecule has 0 radical (unpaired) electrons. The highest BCUT2D eigenvalue weighted by Gasteiger charge is 2.23. The number of carbonyl (C=O) groups is 1. The van der Waals surface area contributed by atoms with Crippen molar-refractivity contribution in [3.05, 3.63) is 36.4 Å². The second-order valence-electron chi connectivity index (χ2n) is 6.67. The zero-order valence-electron chi connectivity index (χ0n) is 14.7. The van der Waals surface area contributed by atoms with Gasteiger partial charge in [-0.25, -0.2) is 4.98 Å². The monoisotopic (exact) mass is 365 g/mol. The molecule has 2 aliphatic rings. The van der Waals surface area contributed by atoms with Gasteiger partial charge in [-0.15, -0.1) is 0 Å². The number of nitrogens with one attached hydrogen (secondary N) is 2. The molecule has 138 valence electrons. The molecule has 1 atom stereocenters. The van der Waals surface area contributed by atoms with Crippen molar-refractivity contribution in [1.29, 1.82) is 0 Å². The van der Waals surface area contributed by atoms with Crippen LogP contribution < -0.4 is 14.8 Å². The third-order valence-electron chi connectivity index (χ3n) is 4.77. The molecule has 1 saturated heterocycles. The SMILES string of the molecule is O=C(Nc1cccc(-c2nc3cc4c(cc3[nH]2)OCCO4)c1)C1CCCO1. The van der Waals surface area contributed by atoms with E-state index in [4.69, 9.17) is 14.2 Å². The first-order chi connectivity index (χ1) is 13.3. The Hall–Kier alpha value is -3.06. The Morgan fingerprint density at radius 1 is 1.11 bits per heavy atom. The van der Waals surface area contributed by atoms with E-state index >= 15 is 0 Å². The van der Waals surface area contributed by atoms with Crippen LogP contribution >= 0.6 is 0 Å². The number of fused-ring (bicyclic) bond motifs is 2. The van der Waals surface area contributed by atoms with Gasteiger partial charge in [-0.1, -0.05) is 12.1 Å². The highest BCUT2D eigenvalue weighted by atomic mass is 16.6. The quantitative estimate of drug-likeness (QED) is 0.745. The number of anilines is 1. The Kier molecular flexibility index (Phi) is 3.94. The Labute approximate surface area is 155 Å². The summed E-state index contributed by atoms with van der Waals surface area (Å²) in [5.41, 5.74) is 3.29. The average molecular weight is 365 g/mol. The van der Waals surface area contributed by atoms with Gasteiger partial charge >= 0.3 is 0 Å². The number of imidazole rings is 1. The molecule has 0 aliphatic carbocycles. The van der Waals surface area contributed by atoms with Crippen LogP contribution in [0.4, 0.5) is 5.69 Å². The third kappa shape index (κ3) is 3.10. The van der Waals surface area contributed by atoms with Crippen LogP contribution in [0.3, 0.4) is 0 Å². The molecule has 1 amide bonds. The molecule has 27 heavy (non-hydrogen) atoms. The molecule has 7 heteroatoms. The summed E-state index contributed by atoms with van der Waals surface area (Å²) in [5.74, 6) is 2.06. The van der Waals surface area contributed by atoms with Crippen LogP contribution in [-0.2, 0) is 9.53 Å². The fourth-order valence-electron chi connectivity index (χ4n) is 3.43. The van der Waals surface area contributed by atoms with E-state index < -0.39 is 0 Å². The Morgan fingerprint density at radius 2 is 1.96 bits per heavy atom. The summed E-state index contributed by atoms with van der Waals surface area (Å²) in [6.45, 7) is 1.74. The zero-order valence-corrected chi connectivity index (χ0v) is 14.7. The number of H-pyrrole nitrogens is 1. The number of ether oxygens (including phenoxy) is 3. The van der Waals surface area contributed by atoms with E-state index in [0.29, 0.717) is 25.6 Å². The number of nitrogens with zero attached hydrogens (tertiary/aromatic N) is 1. The van der Waals surface area contributed by atoms with Gasteiger partial charge < -0.3 is 24.5 Å². The fourth-order valence-corrected chi connectivity index (χ4v) is 3.43. The molecule has 2 N–H and O–H groups in total. The van der Waals surface area contributed by atoms with Gasteiger partial charge in [0, 0.05) is 30.0 Å². The van der Waals surface area contributed by atoms with E-state index in [0.717, 1.165) is 46.7 Å². The van der Waals surface area contributed by atoms with Crippen LogP contribution in [0.5, 0.6) is 11.5 Å². The van der Waals surface area contributed by atoms with Gasteiger partial charge in [-0.3, -0.25) is 4.79 Å². The number of rotatable bonds is 3. The predicted molar refractivity (Wildman–Crippen MR) is 100 cm³/mol. The smallest absolute Gasteiger partial charge is 0.253 e. The number of amides is 1. The maximum atomic E-state index is 12.3. The van der Waals surface area contributed by atoms with Gasteiger partial charge in [0.2, 0.25) is 0 Å². The average Bonchev–Trinajstić information content (AvgIpc) is 3.36. The third-order valence-corrected chi connectivity index (χ3v) is 4.77. The summed E-state index contributed by atoms with van der Waals surface area (Å²) in [7, 11) is 0. The minimum absolute atomic E-state index is 0.101. The highest BCUT2D eigenvalue weighted by Crippen LogP contribution is 2.35. The highest BCUT2D eigenvalue weighted by molar-refractivity contribution is 5.95. The van der Waals surface area contributed by atoms with Crippen molar-refractivity contribution in [2.24, 2.45) is 0 Å². The summed E-state index contributed by atoms with van der Waals surface area (Å²) >= 11 is 0. The van der Waals surface area contributed by atoms with E-state index in [1.165, 1.54) is 0 Å². The molecule has 3 aromatic rings. The molecule has 0 spiro atoms. The molecule has 0 bridgehead atoms. The normalized spacial score (nSPS) is 18.6. The molecular formula is C20H19N3O4. The second kappa shape index (κ2) is 6.59. The summed E-state index contributed by atoms with van der Waals surface area (Å²) in [6.07, 6.45) is 1.34. The Balaban J connectivity index is 1.43. The standard InChI is InChI=1S/C20H19N3O4/c24-20(16-5-2-6-25-16)21-13-4-1-3-12(9-13)19-22-14-10-17-18(11-15(14)23-19)27-8-7-26-17/h1,3-4,9-11,16H,2,5-8H2,(H,21,24)(H,22,23). The zero-order chi connectivity index (χ0) is 18.2. The van der Waals surface area contributed by atoms with Crippen LogP contribution in [0.1, 0.15) is 12.8 Å². The van der Waals surface area contributed by atoms with Crippen molar-refractivity contribution in [1.82, 2.24) is 9.97 Å². The lowest BCUT2D eigenvalue weighted by Gasteiger charge is -2.17. The number of hydrogen-bond acceptors (Lipinski definition) is 5. The molecule has 1 aromatic heterocycles. The molecule has 2 aliphatic heterocycles. The molecular weight excluding hydrogens is 346 g/mol. The minimum Gasteiger partial charge on any atom is -0.486 e. The number of aromatic nitrogens is 2. The summed E-state index contributed by atoms with van der Waals surface area (Å²) in [4.78, 5) is 20.2. The van der Waals surface area contributed by atoms with Gasteiger partial charge in [0.1, 0.15) is 25.1 Å². The van der Waals surface area contributed by atoms with Crippen LogP contribution in [0, 0.1) is 0 Å².